The van der Waals surface area contributed by atoms with Gasteiger partial charge in [0.1, 0.15) is 0 Å². The molecule has 7 heteroatoms. The number of nitrogens with one attached hydrogen (secondary N) is 1. The molecule has 0 heterocycles. The van der Waals surface area contributed by atoms with Crippen LogP contribution in [0, 0.1) is 29.4 Å². The number of aryl methyl sites for hydroxylation is 1. The molecular weight excluding hydrogens is 268 g/mol. The first kappa shape index (κ1) is 15.1. The molecule has 19 heavy (non-hydrogen) atoms. The maximum Gasteiger partial charge on any atom is 0.289 e. The van der Waals surface area contributed by atoms with Crippen LogP contribution in [0.2, 0.25) is 0 Å². The van der Waals surface area contributed by atoms with E-state index in [1.807, 2.05) is 0 Å². The Morgan fingerprint density at radius 3 is 2.63 bits per heavy atom. The van der Waals surface area contributed by atoms with E-state index in [1.165, 1.54) is 19.1 Å². The summed E-state index contributed by atoms with van der Waals surface area (Å²) >= 11 is 0. The van der Waals surface area contributed by atoms with E-state index in [9.17, 15) is 18.5 Å². The quantitative estimate of drug-likeness (QED) is 0.504. The first-order valence-corrected chi connectivity index (χ1v) is 7.04. The lowest BCUT2D eigenvalue weighted by atomic mass is 10.2. The molecule has 0 aliphatic heterocycles. The number of terminal acetylenes is 1. The first-order chi connectivity index (χ1) is 8.83. The number of sulfonamides is 1. The summed E-state index contributed by atoms with van der Waals surface area (Å²) in [7, 11) is -4.02. The molecule has 0 aliphatic carbocycles. The highest BCUT2D eigenvalue weighted by molar-refractivity contribution is 7.89. The monoisotopic (exact) mass is 282 g/mol. The van der Waals surface area contributed by atoms with Gasteiger partial charge in [-0.05, 0) is 18.9 Å². The van der Waals surface area contributed by atoms with Gasteiger partial charge >= 0.3 is 0 Å². The number of nitrogens with zero attached hydrogens (tertiary/aromatic N) is 1. The van der Waals surface area contributed by atoms with Crippen LogP contribution in [-0.4, -0.2) is 19.4 Å². The molecule has 1 rings (SSSR count). The van der Waals surface area contributed by atoms with Gasteiger partial charge in [-0.2, -0.15) is 4.72 Å². The van der Waals surface area contributed by atoms with Crippen molar-refractivity contribution in [1.29, 1.82) is 0 Å². The summed E-state index contributed by atoms with van der Waals surface area (Å²) in [5.74, 6) is 2.29. The second-order valence-electron chi connectivity index (χ2n) is 3.93. The largest absolute Gasteiger partial charge is 0.289 e. The van der Waals surface area contributed by atoms with Crippen LogP contribution >= 0.6 is 0 Å². The number of nitro benzene ring substituents is 1. The molecule has 0 bridgehead atoms. The van der Waals surface area contributed by atoms with Crippen LogP contribution in [-0.2, 0) is 10.0 Å². The van der Waals surface area contributed by atoms with E-state index < -0.39 is 26.7 Å². The third-order valence-corrected chi connectivity index (χ3v) is 4.23. The Morgan fingerprint density at radius 2 is 2.16 bits per heavy atom. The van der Waals surface area contributed by atoms with Crippen LogP contribution in [0.1, 0.15) is 18.9 Å². The first-order valence-electron chi connectivity index (χ1n) is 5.56. The van der Waals surface area contributed by atoms with Crippen LogP contribution in [0.5, 0.6) is 0 Å². The van der Waals surface area contributed by atoms with Gasteiger partial charge in [-0.1, -0.05) is 25.0 Å². The van der Waals surface area contributed by atoms with Gasteiger partial charge < -0.3 is 0 Å². The van der Waals surface area contributed by atoms with E-state index in [-0.39, 0.29) is 4.90 Å². The molecule has 0 amide bonds. The van der Waals surface area contributed by atoms with Crippen molar-refractivity contribution >= 4 is 15.7 Å². The van der Waals surface area contributed by atoms with E-state index in [2.05, 4.69) is 10.6 Å². The molecule has 0 spiro atoms. The molecule has 1 atom stereocenters. The fourth-order valence-electron chi connectivity index (χ4n) is 1.61. The number of hydrogen-bond acceptors (Lipinski definition) is 4. The summed E-state index contributed by atoms with van der Waals surface area (Å²) < 4.78 is 26.7. The van der Waals surface area contributed by atoms with Gasteiger partial charge in [-0.25, -0.2) is 8.42 Å². The van der Waals surface area contributed by atoms with Gasteiger partial charge in [0.15, 0.2) is 4.90 Å². The van der Waals surface area contributed by atoms with Crippen LogP contribution in [0.15, 0.2) is 23.1 Å². The minimum atomic E-state index is -4.02. The second kappa shape index (κ2) is 5.82. The Morgan fingerprint density at radius 1 is 1.53 bits per heavy atom. The van der Waals surface area contributed by atoms with Gasteiger partial charge in [0, 0.05) is 6.07 Å². The second-order valence-corrected chi connectivity index (χ2v) is 5.58. The highest BCUT2D eigenvalue weighted by Gasteiger charge is 2.28. The molecule has 1 unspecified atom stereocenters. The van der Waals surface area contributed by atoms with Crippen molar-refractivity contribution in [3.05, 3.63) is 33.9 Å². The van der Waals surface area contributed by atoms with E-state index in [1.54, 1.807) is 6.92 Å². The Hall–Kier alpha value is -1.91. The summed E-state index contributed by atoms with van der Waals surface area (Å²) in [4.78, 5) is 9.86. The van der Waals surface area contributed by atoms with Gasteiger partial charge in [-0.15, -0.1) is 6.42 Å². The molecule has 1 N–H and O–H groups in total. The van der Waals surface area contributed by atoms with Crippen molar-refractivity contribution in [3.63, 3.8) is 0 Å². The van der Waals surface area contributed by atoms with E-state index in [0.717, 1.165) is 6.07 Å². The van der Waals surface area contributed by atoms with E-state index in [0.29, 0.717) is 12.0 Å². The fourth-order valence-corrected chi connectivity index (χ4v) is 3.25. The fraction of sp³-hybridized carbons (Fsp3) is 0.333. The van der Waals surface area contributed by atoms with Crippen molar-refractivity contribution in [3.8, 4) is 12.3 Å². The molecule has 6 nitrogen and oxygen atoms in total. The number of rotatable bonds is 5. The van der Waals surface area contributed by atoms with Crippen molar-refractivity contribution in [2.75, 3.05) is 0 Å². The van der Waals surface area contributed by atoms with Crippen LogP contribution in [0.3, 0.4) is 0 Å². The molecule has 1 aromatic rings. The Bertz CT molecular complexity index is 632. The van der Waals surface area contributed by atoms with E-state index >= 15 is 0 Å². The number of nitro groups is 1. The molecular formula is C12H14N2O4S. The zero-order chi connectivity index (χ0) is 14.6. The van der Waals surface area contributed by atoms with Crippen molar-refractivity contribution in [2.24, 2.45) is 0 Å². The predicted molar refractivity (Wildman–Crippen MR) is 71.1 cm³/mol. The van der Waals surface area contributed by atoms with Gasteiger partial charge in [0.25, 0.3) is 5.69 Å². The van der Waals surface area contributed by atoms with Crippen molar-refractivity contribution in [1.82, 2.24) is 4.72 Å². The third-order valence-electron chi connectivity index (χ3n) is 2.56. The lowest BCUT2D eigenvalue weighted by molar-refractivity contribution is -0.387. The molecule has 0 radical (unpaired) electrons. The Labute approximate surface area is 112 Å². The van der Waals surface area contributed by atoms with E-state index in [4.69, 9.17) is 6.42 Å². The third kappa shape index (κ3) is 3.30. The normalized spacial score (nSPS) is 12.7. The number of benzene rings is 1. The smallest absolute Gasteiger partial charge is 0.258 e. The lowest BCUT2D eigenvalue weighted by Crippen LogP contribution is -2.34. The maximum absolute atomic E-state index is 12.2. The number of hydrogen-bond donors (Lipinski definition) is 1. The average Bonchev–Trinajstić information content (AvgIpc) is 2.35. The van der Waals surface area contributed by atoms with Crippen molar-refractivity contribution in [2.45, 2.75) is 31.2 Å². The molecule has 0 aliphatic rings. The zero-order valence-corrected chi connectivity index (χ0v) is 11.4. The summed E-state index contributed by atoms with van der Waals surface area (Å²) in [5, 5.41) is 10.9. The standard InChI is InChI=1S/C12H14N2O4S/c1-4-10(5-2)13-19(17,18)12-9(3)7-6-8-11(12)14(15)16/h1,6-8,10,13H,5H2,2-3H3. The Kier molecular flexibility index (Phi) is 4.64. The maximum atomic E-state index is 12.2. The van der Waals surface area contributed by atoms with Gasteiger partial charge in [-0.3, -0.25) is 10.1 Å². The molecule has 1 aromatic carbocycles. The van der Waals surface area contributed by atoms with Crippen LogP contribution < -0.4 is 4.72 Å². The predicted octanol–water partition coefficient (Wildman–Crippen LogP) is 1.59. The highest BCUT2D eigenvalue weighted by Crippen LogP contribution is 2.26. The van der Waals surface area contributed by atoms with Gasteiger partial charge in [0.05, 0.1) is 11.0 Å². The van der Waals surface area contributed by atoms with Crippen LogP contribution in [0.25, 0.3) is 0 Å². The van der Waals surface area contributed by atoms with Crippen molar-refractivity contribution < 1.29 is 13.3 Å². The lowest BCUT2D eigenvalue weighted by Gasteiger charge is -2.13. The van der Waals surface area contributed by atoms with Gasteiger partial charge in [0.2, 0.25) is 10.0 Å². The summed E-state index contributed by atoms with van der Waals surface area (Å²) in [6.07, 6.45) is 5.59. The Balaban J connectivity index is 3.37. The minimum absolute atomic E-state index is 0.300. The topological polar surface area (TPSA) is 89.3 Å². The molecule has 0 aromatic heterocycles. The molecule has 102 valence electrons. The molecule has 0 saturated heterocycles. The summed E-state index contributed by atoms with van der Waals surface area (Å²) in [6.45, 7) is 3.22. The summed E-state index contributed by atoms with van der Waals surface area (Å²) in [5.41, 5.74) is -0.159. The minimum Gasteiger partial charge on any atom is -0.258 e. The average molecular weight is 282 g/mol. The van der Waals surface area contributed by atoms with Crippen LogP contribution in [0.4, 0.5) is 5.69 Å². The zero-order valence-electron chi connectivity index (χ0n) is 10.6. The SMILES string of the molecule is C#CC(CC)NS(=O)(=O)c1c(C)cccc1[N+](=O)[O-]. The molecule has 0 fully saturated rings. The molecule has 0 saturated carbocycles. The summed E-state index contributed by atoms with van der Waals surface area (Å²) in [6, 6.07) is 3.39. The highest BCUT2D eigenvalue weighted by atomic mass is 32.2.